The molecule has 0 aliphatic rings. The Morgan fingerprint density at radius 2 is 2.09 bits per heavy atom. The van der Waals surface area contributed by atoms with Crippen LogP contribution in [0.3, 0.4) is 0 Å². The first-order chi connectivity index (χ1) is 10.7. The third-order valence-corrected chi connectivity index (χ3v) is 3.61. The van der Waals surface area contributed by atoms with Crippen LogP contribution in [0.5, 0.6) is 0 Å². The SMILES string of the molecule is OCc1nnn(Cc2c(F)cccc2Cl)c1-c1cccnc1. The summed E-state index contributed by atoms with van der Waals surface area (Å²) in [5.41, 5.74) is 2.06. The van der Waals surface area contributed by atoms with Crippen molar-refractivity contribution in [2.75, 3.05) is 0 Å². The molecule has 3 aromatic rings. The second kappa shape index (κ2) is 6.21. The van der Waals surface area contributed by atoms with Crippen LogP contribution in [0.1, 0.15) is 11.3 Å². The second-order valence-corrected chi connectivity index (χ2v) is 5.05. The highest BCUT2D eigenvalue weighted by atomic mass is 35.5. The standard InChI is InChI=1S/C15H12ClFN4O/c16-12-4-1-5-13(17)11(12)8-21-15(14(9-22)19-20-21)10-3-2-6-18-7-10/h1-7,22H,8-9H2. The quantitative estimate of drug-likeness (QED) is 0.803. The first kappa shape index (κ1) is 14.6. The second-order valence-electron chi connectivity index (χ2n) is 4.64. The van der Waals surface area contributed by atoms with Gasteiger partial charge in [0.1, 0.15) is 11.5 Å². The maximum atomic E-state index is 14.0. The molecule has 2 heterocycles. The van der Waals surface area contributed by atoms with Gasteiger partial charge in [0, 0.05) is 28.5 Å². The van der Waals surface area contributed by atoms with Crippen LogP contribution in [-0.4, -0.2) is 25.1 Å². The summed E-state index contributed by atoms with van der Waals surface area (Å²) >= 11 is 6.06. The molecule has 0 atom stereocenters. The Morgan fingerprint density at radius 3 is 2.77 bits per heavy atom. The van der Waals surface area contributed by atoms with Crippen molar-refractivity contribution >= 4 is 11.6 Å². The Labute approximate surface area is 131 Å². The molecule has 0 saturated heterocycles. The number of hydrogen-bond acceptors (Lipinski definition) is 4. The zero-order valence-electron chi connectivity index (χ0n) is 11.4. The van der Waals surface area contributed by atoms with Crippen LogP contribution < -0.4 is 0 Å². The number of benzene rings is 1. The molecule has 0 bridgehead atoms. The van der Waals surface area contributed by atoms with Gasteiger partial charge < -0.3 is 5.11 Å². The van der Waals surface area contributed by atoms with Crippen molar-refractivity contribution in [1.82, 2.24) is 20.0 Å². The molecule has 1 aromatic carbocycles. The molecule has 22 heavy (non-hydrogen) atoms. The lowest BCUT2D eigenvalue weighted by Gasteiger charge is -2.09. The Bertz CT molecular complexity index is 771. The van der Waals surface area contributed by atoms with Crippen LogP contribution in [0.15, 0.2) is 42.7 Å². The van der Waals surface area contributed by atoms with Gasteiger partial charge in [0.05, 0.1) is 18.8 Å². The fourth-order valence-corrected chi connectivity index (χ4v) is 2.44. The molecule has 0 spiro atoms. The van der Waals surface area contributed by atoms with Gasteiger partial charge >= 0.3 is 0 Å². The predicted molar refractivity (Wildman–Crippen MR) is 79.7 cm³/mol. The molecule has 0 amide bonds. The van der Waals surface area contributed by atoms with Gasteiger partial charge in [0.15, 0.2) is 0 Å². The summed E-state index contributed by atoms with van der Waals surface area (Å²) in [4.78, 5) is 4.05. The molecule has 0 unspecified atom stereocenters. The largest absolute Gasteiger partial charge is 0.390 e. The van der Waals surface area contributed by atoms with E-state index in [1.54, 1.807) is 30.6 Å². The number of aromatic nitrogens is 4. The van der Waals surface area contributed by atoms with Crippen molar-refractivity contribution in [3.8, 4) is 11.3 Å². The topological polar surface area (TPSA) is 63.8 Å². The molecule has 7 heteroatoms. The molecular formula is C15H12ClFN4O. The van der Waals surface area contributed by atoms with Crippen molar-refractivity contribution in [2.45, 2.75) is 13.2 Å². The Morgan fingerprint density at radius 1 is 1.23 bits per heavy atom. The van der Waals surface area contributed by atoms with Crippen molar-refractivity contribution in [1.29, 1.82) is 0 Å². The highest BCUT2D eigenvalue weighted by Crippen LogP contribution is 2.25. The number of pyridine rings is 1. The number of hydrogen-bond donors (Lipinski definition) is 1. The number of nitrogens with zero attached hydrogens (tertiary/aromatic N) is 4. The summed E-state index contributed by atoms with van der Waals surface area (Å²) in [5, 5.41) is 17.7. The highest BCUT2D eigenvalue weighted by Gasteiger charge is 2.17. The number of halogens is 2. The third-order valence-electron chi connectivity index (χ3n) is 3.26. The van der Waals surface area contributed by atoms with E-state index in [4.69, 9.17) is 11.6 Å². The maximum absolute atomic E-state index is 14.0. The van der Waals surface area contributed by atoms with Gasteiger partial charge in [-0.1, -0.05) is 22.9 Å². The maximum Gasteiger partial charge on any atom is 0.129 e. The normalized spacial score (nSPS) is 10.9. The van der Waals surface area contributed by atoms with E-state index < -0.39 is 5.82 Å². The van der Waals surface area contributed by atoms with Gasteiger partial charge in [-0.2, -0.15) is 0 Å². The van der Waals surface area contributed by atoms with Crippen molar-refractivity contribution in [2.24, 2.45) is 0 Å². The van der Waals surface area contributed by atoms with E-state index in [-0.39, 0.29) is 13.2 Å². The molecule has 0 aliphatic carbocycles. The van der Waals surface area contributed by atoms with E-state index >= 15 is 0 Å². The lowest BCUT2D eigenvalue weighted by atomic mass is 10.1. The van der Waals surface area contributed by atoms with E-state index in [0.717, 1.165) is 5.56 Å². The molecule has 5 nitrogen and oxygen atoms in total. The van der Waals surface area contributed by atoms with Crippen LogP contribution in [0.4, 0.5) is 4.39 Å². The Kier molecular flexibility index (Phi) is 4.13. The van der Waals surface area contributed by atoms with E-state index in [1.165, 1.54) is 10.7 Å². The summed E-state index contributed by atoms with van der Waals surface area (Å²) in [6.07, 6.45) is 3.28. The smallest absolute Gasteiger partial charge is 0.129 e. The zero-order valence-corrected chi connectivity index (χ0v) is 12.2. The van der Waals surface area contributed by atoms with Gasteiger partial charge in [-0.05, 0) is 24.3 Å². The minimum absolute atomic E-state index is 0.114. The molecule has 0 fully saturated rings. The zero-order chi connectivity index (χ0) is 15.5. The predicted octanol–water partition coefficient (Wildman–Crippen LogP) is 2.67. The van der Waals surface area contributed by atoms with E-state index in [1.807, 2.05) is 6.07 Å². The van der Waals surface area contributed by atoms with E-state index in [2.05, 4.69) is 15.3 Å². The molecule has 3 rings (SSSR count). The molecular weight excluding hydrogens is 307 g/mol. The van der Waals surface area contributed by atoms with E-state index in [9.17, 15) is 9.50 Å². The molecule has 2 aromatic heterocycles. The number of rotatable bonds is 4. The molecule has 0 saturated carbocycles. The number of aliphatic hydroxyl groups is 1. The van der Waals surface area contributed by atoms with Crippen LogP contribution >= 0.6 is 11.6 Å². The summed E-state index contributed by atoms with van der Waals surface area (Å²) in [6.45, 7) is -0.155. The van der Waals surface area contributed by atoms with Gasteiger partial charge in [0.25, 0.3) is 0 Å². The first-order valence-corrected chi connectivity index (χ1v) is 6.95. The van der Waals surface area contributed by atoms with Gasteiger partial charge in [0.2, 0.25) is 0 Å². The van der Waals surface area contributed by atoms with Gasteiger partial charge in [-0.3, -0.25) is 4.98 Å². The minimum Gasteiger partial charge on any atom is -0.390 e. The van der Waals surface area contributed by atoms with Crippen LogP contribution in [0, 0.1) is 5.82 Å². The van der Waals surface area contributed by atoms with E-state index in [0.29, 0.717) is 22.0 Å². The summed E-state index contributed by atoms with van der Waals surface area (Å²) in [5.74, 6) is -0.411. The average molecular weight is 319 g/mol. The van der Waals surface area contributed by atoms with Crippen LogP contribution in [0.25, 0.3) is 11.3 Å². The molecule has 0 radical (unpaired) electrons. The molecule has 0 aliphatic heterocycles. The first-order valence-electron chi connectivity index (χ1n) is 6.57. The highest BCUT2D eigenvalue weighted by molar-refractivity contribution is 6.31. The fraction of sp³-hybridized carbons (Fsp3) is 0.133. The lowest BCUT2D eigenvalue weighted by molar-refractivity contribution is 0.277. The number of aliphatic hydroxyl groups excluding tert-OH is 1. The van der Waals surface area contributed by atoms with Crippen molar-refractivity contribution in [3.05, 3.63) is 64.8 Å². The van der Waals surface area contributed by atoms with Crippen LogP contribution in [-0.2, 0) is 13.2 Å². The average Bonchev–Trinajstić information content (AvgIpc) is 2.94. The summed E-state index contributed by atoms with van der Waals surface area (Å²) in [6, 6.07) is 8.10. The summed E-state index contributed by atoms with van der Waals surface area (Å²) in [7, 11) is 0. The van der Waals surface area contributed by atoms with Gasteiger partial charge in [-0.25, -0.2) is 9.07 Å². The third kappa shape index (κ3) is 2.70. The minimum atomic E-state index is -0.411. The monoisotopic (exact) mass is 318 g/mol. The van der Waals surface area contributed by atoms with Crippen molar-refractivity contribution < 1.29 is 9.50 Å². The van der Waals surface area contributed by atoms with Gasteiger partial charge in [-0.15, -0.1) is 5.10 Å². The fourth-order valence-electron chi connectivity index (χ4n) is 2.22. The summed E-state index contributed by atoms with van der Waals surface area (Å²) < 4.78 is 15.5. The Hall–Kier alpha value is -2.31. The molecule has 1 N–H and O–H groups in total. The van der Waals surface area contributed by atoms with Crippen LogP contribution in [0.2, 0.25) is 5.02 Å². The molecule has 112 valence electrons. The Balaban J connectivity index is 2.07. The van der Waals surface area contributed by atoms with Crippen molar-refractivity contribution in [3.63, 3.8) is 0 Å². The lowest BCUT2D eigenvalue weighted by Crippen LogP contribution is -2.07.